The summed E-state index contributed by atoms with van der Waals surface area (Å²) in [6, 6.07) is 13.7. The number of furan rings is 1. The quantitative estimate of drug-likeness (QED) is 0.332. The van der Waals surface area contributed by atoms with Crippen LogP contribution >= 0.6 is 0 Å². The third kappa shape index (κ3) is 2.26. The van der Waals surface area contributed by atoms with Gasteiger partial charge in [0.25, 0.3) is 0 Å². The van der Waals surface area contributed by atoms with Crippen LogP contribution in [0.5, 0.6) is 11.5 Å². The van der Waals surface area contributed by atoms with Crippen molar-refractivity contribution in [2.45, 2.75) is 6.92 Å². The summed E-state index contributed by atoms with van der Waals surface area (Å²) in [5.74, 6) is -0.904. The lowest BCUT2D eigenvalue weighted by atomic mass is 9.86. The topological polar surface area (TPSA) is 82.8 Å². The first-order valence-corrected chi connectivity index (χ1v) is 8.95. The van der Waals surface area contributed by atoms with E-state index in [1.165, 1.54) is 14.0 Å². The Morgan fingerprint density at radius 1 is 0.862 bits per heavy atom. The standard InChI is InChI=1S/C23H14O6/c1-11(24)28-21-15-10-6-5-9-14(15)20-17(23(21)27-2)16-18(25)12-7-3-4-8-13(12)19(26)22(16)29-20/h3-10H,1-2H3. The molecule has 0 fully saturated rings. The molecule has 1 heterocycles. The molecular formula is C23H14O6. The number of rotatable bonds is 2. The molecule has 6 heteroatoms. The molecule has 0 N–H and O–H groups in total. The molecule has 0 saturated carbocycles. The average molecular weight is 386 g/mol. The first-order chi connectivity index (χ1) is 14.0. The van der Waals surface area contributed by atoms with Crippen LogP contribution in [0.1, 0.15) is 39.0 Å². The van der Waals surface area contributed by atoms with Crippen LogP contribution in [0.4, 0.5) is 0 Å². The van der Waals surface area contributed by atoms with Gasteiger partial charge in [-0.05, 0) is 0 Å². The Morgan fingerprint density at radius 2 is 1.48 bits per heavy atom. The van der Waals surface area contributed by atoms with E-state index in [-0.39, 0.29) is 34.4 Å². The molecular weight excluding hydrogens is 372 g/mol. The molecule has 0 radical (unpaired) electrons. The van der Waals surface area contributed by atoms with E-state index in [0.717, 1.165) is 0 Å². The molecule has 0 unspecified atom stereocenters. The number of esters is 1. The number of hydrogen-bond acceptors (Lipinski definition) is 6. The van der Waals surface area contributed by atoms with Crippen molar-refractivity contribution in [1.82, 2.24) is 0 Å². The summed E-state index contributed by atoms with van der Waals surface area (Å²) in [4.78, 5) is 38.1. The number of benzene rings is 3. The van der Waals surface area contributed by atoms with Crippen LogP contribution in [0.2, 0.25) is 0 Å². The zero-order valence-electron chi connectivity index (χ0n) is 15.6. The number of carbonyl (C=O) groups excluding carboxylic acids is 3. The smallest absolute Gasteiger partial charge is 0.308 e. The number of fused-ring (bicyclic) bond motifs is 6. The summed E-state index contributed by atoms with van der Waals surface area (Å²) in [5.41, 5.74) is 1.07. The summed E-state index contributed by atoms with van der Waals surface area (Å²) < 4.78 is 17.0. The lowest BCUT2D eigenvalue weighted by molar-refractivity contribution is -0.131. The maximum Gasteiger partial charge on any atom is 0.308 e. The number of methoxy groups -OCH3 is 1. The Morgan fingerprint density at radius 3 is 2.14 bits per heavy atom. The first kappa shape index (κ1) is 17.2. The lowest BCUT2D eigenvalue weighted by Gasteiger charge is -2.15. The molecule has 0 spiro atoms. The predicted octanol–water partition coefficient (Wildman–Crippen LogP) is 4.30. The van der Waals surface area contributed by atoms with E-state index in [1.807, 2.05) is 0 Å². The second-order valence-corrected chi connectivity index (χ2v) is 6.72. The number of ether oxygens (including phenoxy) is 2. The van der Waals surface area contributed by atoms with Gasteiger partial charge in [-0.2, -0.15) is 0 Å². The fourth-order valence-corrected chi connectivity index (χ4v) is 3.90. The molecule has 29 heavy (non-hydrogen) atoms. The molecule has 142 valence electrons. The van der Waals surface area contributed by atoms with E-state index >= 15 is 0 Å². The highest BCUT2D eigenvalue weighted by atomic mass is 16.6. The molecule has 0 aliphatic heterocycles. The van der Waals surface area contributed by atoms with Gasteiger partial charge >= 0.3 is 5.97 Å². The van der Waals surface area contributed by atoms with Gasteiger partial charge in [-0.3, -0.25) is 14.4 Å². The van der Waals surface area contributed by atoms with E-state index < -0.39 is 5.97 Å². The maximum atomic E-state index is 13.3. The van der Waals surface area contributed by atoms with Crippen LogP contribution in [0.25, 0.3) is 21.7 Å². The molecule has 0 atom stereocenters. The summed E-state index contributed by atoms with van der Waals surface area (Å²) in [5, 5.41) is 1.51. The Balaban J connectivity index is 1.98. The Kier molecular flexibility index (Phi) is 3.58. The van der Waals surface area contributed by atoms with Crippen molar-refractivity contribution in [1.29, 1.82) is 0 Å². The van der Waals surface area contributed by atoms with Crippen LogP contribution in [-0.4, -0.2) is 24.6 Å². The summed E-state index contributed by atoms with van der Waals surface area (Å²) in [7, 11) is 1.42. The largest absolute Gasteiger partial charge is 0.492 e. The minimum Gasteiger partial charge on any atom is -0.492 e. The van der Waals surface area contributed by atoms with E-state index in [4.69, 9.17) is 13.9 Å². The first-order valence-electron chi connectivity index (χ1n) is 8.95. The molecule has 1 aliphatic rings. The third-order valence-corrected chi connectivity index (χ3v) is 5.06. The fraction of sp³-hybridized carbons (Fsp3) is 0.0870. The Labute approximate surface area is 164 Å². The predicted molar refractivity (Wildman–Crippen MR) is 105 cm³/mol. The van der Waals surface area contributed by atoms with E-state index in [1.54, 1.807) is 48.5 Å². The fourth-order valence-electron chi connectivity index (χ4n) is 3.90. The van der Waals surface area contributed by atoms with Gasteiger partial charge in [0.15, 0.2) is 23.0 Å². The van der Waals surface area contributed by atoms with Crippen molar-refractivity contribution in [3.05, 3.63) is 71.0 Å². The van der Waals surface area contributed by atoms with Crippen LogP contribution < -0.4 is 9.47 Å². The number of hydrogen-bond donors (Lipinski definition) is 0. The Bertz CT molecular complexity index is 1380. The van der Waals surface area contributed by atoms with E-state index in [2.05, 4.69) is 0 Å². The molecule has 0 amide bonds. The van der Waals surface area contributed by atoms with Crippen molar-refractivity contribution in [3.63, 3.8) is 0 Å². The van der Waals surface area contributed by atoms with Gasteiger partial charge in [0.1, 0.15) is 5.58 Å². The molecule has 1 aromatic heterocycles. The normalized spacial score (nSPS) is 12.8. The second kappa shape index (κ2) is 6.04. The SMILES string of the molecule is COc1c(OC(C)=O)c2ccccc2c2oc3c(c12)C(=O)c1ccccc1C3=O. The van der Waals surface area contributed by atoms with Crippen molar-refractivity contribution in [2.75, 3.05) is 7.11 Å². The molecule has 1 aliphatic carbocycles. The van der Waals surface area contributed by atoms with Gasteiger partial charge in [0.05, 0.1) is 18.1 Å². The highest BCUT2D eigenvalue weighted by Gasteiger charge is 2.37. The van der Waals surface area contributed by atoms with Crippen molar-refractivity contribution in [2.24, 2.45) is 0 Å². The zero-order chi connectivity index (χ0) is 20.3. The highest BCUT2D eigenvalue weighted by molar-refractivity contribution is 6.33. The van der Waals surface area contributed by atoms with E-state index in [9.17, 15) is 14.4 Å². The molecule has 0 saturated heterocycles. The average Bonchev–Trinajstić information content (AvgIpc) is 3.13. The molecule has 3 aromatic carbocycles. The molecule has 4 aromatic rings. The molecule has 5 rings (SSSR count). The molecule has 0 bridgehead atoms. The van der Waals surface area contributed by atoms with Gasteiger partial charge in [0.2, 0.25) is 5.78 Å². The van der Waals surface area contributed by atoms with Crippen LogP contribution in [0.15, 0.2) is 52.9 Å². The zero-order valence-corrected chi connectivity index (χ0v) is 15.6. The van der Waals surface area contributed by atoms with Crippen molar-refractivity contribution >= 4 is 39.3 Å². The Hall–Kier alpha value is -3.93. The van der Waals surface area contributed by atoms with Gasteiger partial charge < -0.3 is 13.9 Å². The molecule has 6 nitrogen and oxygen atoms in total. The van der Waals surface area contributed by atoms with E-state index in [0.29, 0.717) is 32.9 Å². The second-order valence-electron chi connectivity index (χ2n) is 6.72. The number of carbonyl (C=O) groups is 3. The van der Waals surface area contributed by atoms with Crippen molar-refractivity contribution in [3.8, 4) is 11.5 Å². The minimum atomic E-state index is -0.530. The third-order valence-electron chi connectivity index (χ3n) is 5.06. The van der Waals surface area contributed by atoms with Crippen molar-refractivity contribution < 1.29 is 28.3 Å². The monoisotopic (exact) mass is 386 g/mol. The summed E-state index contributed by atoms with van der Waals surface area (Å²) in [6.45, 7) is 1.29. The highest BCUT2D eigenvalue weighted by Crippen LogP contribution is 2.48. The van der Waals surface area contributed by atoms with Gasteiger partial charge in [-0.25, -0.2) is 0 Å². The number of ketones is 2. The van der Waals surface area contributed by atoms with Gasteiger partial charge in [-0.15, -0.1) is 0 Å². The van der Waals surface area contributed by atoms with Crippen LogP contribution in [0, 0.1) is 0 Å². The van der Waals surface area contributed by atoms with Crippen LogP contribution in [0.3, 0.4) is 0 Å². The lowest BCUT2D eigenvalue weighted by Crippen LogP contribution is -2.19. The van der Waals surface area contributed by atoms with Crippen LogP contribution in [-0.2, 0) is 4.79 Å². The maximum absolute atomic E-state index is 13.3. The summed E-state index contributed by atoms with van der Waals surface area (Å²) in [6.07, 6.45) is 0. The minimum absolute atomic E-state index is 0.0351. The van der Waals surface area contributed by atoms with Gasteiger partial charge in [0, 0.05) is 28.8 Å². The van der Waals surface area contributed by atoms with Gasteiger partial charge in [-0.1, -0.05) is 48.5 Å². The summed E-state index contributed by atoms with van der Waals surface area (Å²) >= 11 is 0.